The first-order valence-corrected chi connectivity index (χ1v) is 22.0. The zero-order valence-corrected chi connectivity index (χ0v) is 37.6. The topological polar surface area (TPSA) is 91.3 Å². The Morgan fingerprint density at radius 3 is 1.44 bits per heavy atom. The summed E-state index contributed by atoms with van der Waals surface area (Å²) in [5, 5.41) is 9.95. The molecular weight excluding hydrogens is 761 g/mol. The van der Waals surface area contributed by atoms with E-state index < -0.39 is 22.6 Å². The molecule has 3 atom stereocenters. The van der Waals surface area contributed by atoms with Crippen LogP contribution in [0, 0.1) is 5.41 Å². The summed E-state index contributed by atoms with van der Waals surface area (Å²) in [6.07, 6.45) is 7.09. The standard InChI is InChI=1S/C54H64O7/c1-10-51(7,48(56)58-45-32-24-42(25-33-45)54(36-14-13-15-37-54)41-20-26-43(55)27-21-41)53(9,12-3)61-47-30-18-39(19-31-47)38-16-28-44(29-17-38)59-49(57)52(8,11-2)60-46-34-22-40(23-35-46)50(4,5)6/h16-35,55H,10-15,36-37H2,1-9H3. The zero-order valence-electron chi connectivity index (χ0n) is 37.6. The predicted molar refractivity (Wildman–Crippen MR) is 244 cm³/mol. The number of phenols is 1. The first-order chi connectivity index (χ1) is 29.0. The Balaban J connectivity index is 1.10. The molecule has 0 aromatic heterocycles. The lowest BCUT2D eigenvalue weighted by molar-refractivity contribution is -0.159. The average molecular weight is 825 g/mol. The number of aromatic hydroxyl groups is 1. The van der Waals surface area contributed by atoms with Gasteiger partial charge >= 0.3 is 11.9 Å². The molecule has 1 aliphatic rings. The second kappa shape index (κ2) is 18.2. The smallest absolute Gasteiger partial charge is 0.355 e. The first kappa shape index (κ1) is 45.0. The number of ether oxygens (including phenoxy) is 4. The molecule has 0 saturated heterocycles. The van der Waals surface area contributed by atoms with Crippen LogP contribution in [0.15, 0.2) is 121 Å². The second-order valence-electron chi connectivity index (χ2n) is 18.4. The van der Waals surface area contributed by atoms with Gasteiger partial charge < -0.3 is 24.1 Å². The highest BCUT2D eigenvalue weighted by atomic mass is 16.6. The fraction of sp³-hybridized carbons (Fsp3) is 0.407. The first-order valence-electron chi connectivity index (χ1n) is 22.0. The van der Waals surface area contributed by atoms with Gasteiger partial charge in [0, 0.05) is 5.41 Å². The minimum atomic E-state index is -1.16. The molecule has 5 aromatic rings. The van der Waals surface area contributed by atoms with Crippen molar-refractivity contribution in [3.63, 3.8) is 0 Å². The largest absolute Gasteiger partial charge is 0.508 e. The van der Waals surface area contributed by atoms with Crippen molar-refractivity contribution >= 4 is 11.9 Å². The maximum Gasteiger partial charge on any atom is 0.355 e. The molecule has 322 valence electrons. The van der Waals surface area contributed by atoms with Crippen molar-refractivity contribution in [1.82, 2.24) is 0 Å². The maximum atomic E-state index is 14.1. The van der Waals surface area contributed by atoms with Crippen LogP contribution in [-0.4, -0.2) is 28.2 Å². The quantitative estimate of drug-likeness (QED) is 0.0830. The van der Waals surface area contributed by atoms with Crippen LogP contribution in [0.4, 0.5) is 0 Å². The molecule has 61 heavy (non-hydrogen) atoms. The lowest BCUT2D eigenvalue weighted by atomic mass is 9.65. The van der Waals surface area contributed by atoms with Crippen molar-refractivity contribution in [3.8, 4) is 39.9 Å². The third-order valence-corrected chi connectivity index (χ3v) is 13.5. The van der Waals surface area contributed by atoms with E-state index in [4.69, 9.17) is 18.9 Å². The van der Waals surface area contributed by atoms with Gasteiger partial charge in [-0.25, -0.2) is 4.79 Å². The highest BCUT2D eigenvalue weighted by Crippen LogP contribution is 2.46. The molecule has 6 rings (SSSR count). The van der Waals surface area contributed by atoms with Gasteiger partial charge in [-0.3, -0.25) is 4.79 Å². The van der Waals surface area contributed by atoms with Crippen LogP contribution in [0.2, 0.25) is 0 Å². The van der Waals surface area contributed by atoms with Crippen molar-refractivity contribution in [2.75, 3.05) is 0 Å². The van der Waals surface area contributed by atoms with E-state index in [1.54, 1.807) is 31.2 Å². The van der Waals surface area contributed by atoms with Crippen molar-refractivity contribution in [3.05, 3.63) is 138 Å². The van der Waals surface area contributed by atoms with Crippen molar-refractivity contribution < 1.29 is 33.6 Å². The Kier molecular flexibility index (Phi) is 13.4. The normalized spacial score (nSPS) is 16.9. The van der Waals surface area contributed by atoms with Crippen molar-refractivity contribution in [2.24, 2.45) is 5.41 Å². The molecule has 0 amide bonds. The van der Waals surface area contributed by atoms with Crippen LogP contribution >= 0.6 is 0 Å². The number of esters is 2. The van der Waals surface area contributed by atoms with Crippen LogP contribution in [0.25, 0.3) is 11.1 Å². The summed E-state index contributed by atoms with van der Waals surface area (Å²) in [4.78, 5) is 27.5. The number of benzene rings is 5. The summed E-state index contributed by atoms with van der Waals surface area (Å²) in [6.45, 7) is 18.1. The molecule has 3 unspecified atom stereocenters. The van der Waals surface area contributed by atoms with E-state index in [1.807, 2.05) is 120 Å². The monoisotopic (exact) mass is 824 g/mol. The van der Waals surface area contributed by atoms with E-state index in [0.717, 1.165) is 36.8 Å². The van der Waals surface area contributed by atoms with Gasteiger partial charge in [0.15, 0.2) is 0 Å². The van der Waals surface area contributed by atoms with Crippen LogP contribution in [0.1, 0.15) is 130 Å². The molecule has 0 heterocycles. The molecule has 0 radical (unpaired) electrons. The number of carbonyl (C=O) groups is 2. The third kappa shape index (κ3) is 9.67. The van der Waals surface area contributed by atoms with Gasteiger partial charge in [0.2, 0.25) is 5.60 Å². The van der Waals surface area contributed by atoms with Gasteiger partial charge in [0.25, 0.3) is 0 Å². The van der Waals surface area contributed by atoms with Gasteiger partial charge in [0.05, 0.1) is 0 Å². The zero-order chi connectivity index (χ0) is 44.1. The average Bonchev–Trinajstić information content (AvgIpc) is 3.27. The molecule has 5 aromatic carbocycles. The number of carbonyl (C=O) groups excluding carboxylic acids is 2. The SMILES string of the molecule is CCC(C)(Oc1ccc(C(C)(C)C)cc1)C(=O)Oc1ccc(-c2ccc(OC(C)(CC)C(C)(CC)C(=O)Oc3ccc(C4(c5ccc(O)cc5)CCCCC4)cc3)cc2)cc1. The van der Waals surface area contributed by atoms with E-state index in [2.05, 4.69) is 32.9 Å². The fourth-order valence-corrected chi connectivity index (χ4v) is 8.50. The summed E-state index contributed by atoms with van der Waals surface area (Å²) in [5.74, 6) is 1.67. The molecular formula is C54H64O7. The Morgan fingerprint density at radius 1 is 0.525 bits per heavy atom. The minimum absolute atomic E-state index is 0.0186. The summed E-state index contributed by atoms with van der Waals surface area (Å²) >= 11 is 0. The van der Waals surface area contributed by atoms with Gasteiger partial charge in [-0.2, -0.15) is 0 Å². The van der Waals surface area contributed by atoms with E-state index in [9.17, 15) is 14.7 Å². The lowest BCUT2D eigenvalue weighted by Crippen LogP contribution is -2.54. The summed E-state index contributed by atoms with van der Waals surface area (Å²) < 4.78 is 24.9. The summed E-state index contributed by atoms with van der Waals surface area (Å²) in [5.41, 5.74) is 2.39. The third-order valence-electron chi connectivity index (χ3n) is 13.5. The van der Waals surface area contributed by atoms with Gasteiger partial charge in [-0.1, -0.05) is 121 Å². The Hall–Kier alpha value is -5.56. The Bertz CT molecular complexity index is 2230. The fourth-order valence-electron chi connectivity index (χ4n) is 8.50. The van der Waals surface area contributed by atoms with Crippen molar-refractivity contribution in [1.29, 1.82) is 0 Å². The maximum absolute atomic E-state index is 14.1. The molecule has 1 aliphatic carbocycles. The highest BCUT2D eigenvalue weighted by molar-refractivity contribution is 5.82. The lowest BCUT2D eigenvalue weighted by Gasteiger charge is -2.43. The Morgan fingerprint density at radius 2 is 0.967 bits per heavy atom. The van der Waals surface area contributed by atoms with Crippen LogP contribution in [0.5, 0.6) is 28.7 Å². The molecule has 1 fully saturated rings. The molecule has 7 heteroatoms. The number of hydrogen-bond donors (Lipinski definition) is 1. The minimum Gasteiger partial charge on any atom is -0.508 e. The predicted octanol–water partition coefficient (Wildman–Crippen LogP) is 13.3. The van der Waals surface area contributed by atoms with Gasteiger partial charge in [-0.15, -0.1) is 0 Å². The second-order valence-corrected chi connectivity index (χ2v) is 18.4. The molecule has 1 saturated carbocycles. The molecule has 1 N–H and O–H groups in total. The van der Waals surface area contributed by atoms with E-state index >= 15 is 0 Å². The number of hydrogen-bond acceptors (Lipinski definition) is 7. The van der Waals surface area contributed by atoms with Gasteiger partial charge in [-0.05, 0) is 147 Å². The molecule has 0 bridgehead atoms. The Labute approximate surface area is 363 Å². The van der Waals surface area contributed by atoms with E-state index in [-0.39, 0.29) is 22.5 Å². The van der Waals surface area contributed by atoms with Crippen LogP contribution < -0.4 is 18.9 Å². The summed E-state index contributed by atoms with van der Waals surface area (Å²) in [6, 6.07) is 38.7. The number of rotatable bonds is 15. The van der Waals surface area contributed by atoms with Crippen molar-refractivity contribution in [2.45, 2.75) is 136 Å². The summed E-state index contributed by atoms with van der Waals surface area (Å²) in [7, 11) is 0. The van der Waals surface area contributed by atoms with Gasteiger partial charge in [0.1, 0.15) is 39.8 Å². The van der Waals surface area contributed by atoms with Crippen LogP contribution in [0.3, 0.4) is 0 Å². The molecule has 7 nitrogen and oxygen atoms in total. The highest BCUT2D eigenvalue weighted by Gasteiger charge is 2.51. The van der Waals surface area contributed by atoms with E-state index in [1.165, 1.54) is 23.1 Å². The number of phenolic OH excluding ortho intramolecular Hbond substituents is 1. The molecule has 0 spiro atoms. The van der Waals surface area contributed by atoms with E-state index in [0.29, 0.717) is 42.3 Å². The van der Waals surface area contributed by atoms with Crippen LogP contribution in [-0.2, 0) is 20.4 Å². The molecule has 0 aliphatic heterocycles.